The molecule has 3 amide bonds. The van der Waals surface area contributed by atoms with Crippen molar-refractivity contribution in [3.8, 4) is 16.2 Å². The number of β-amino-alcohol motifs (C(OH)–C–C–N with tert-alkyl or cyclic N) is 1. The van der Waals surface area contributed by atoms with Crippen molar-refractivity contribution < 1.29 is 33.9 Å². The minimum atomic E-state index is -1.15. The molecule has 0 spiro atoms. The molecule has 220 valence electrons. The maximum absolute atomic E-state index is 13.6. The molecule has 4 N–H and O–H groups in total. The number of nitrogens with zero attached hydrogens (tertiary/aromatic N) is 3. The van der Waals surface area contributed by atoms with Crippen LogP contribution in [-0.2, 0) is 16.1 Å². The lowest BCUT2D eigenvalue weighted by molar-refractivity contribution is -0.141. The van der Waals surface area contributed by atoms with Gasteiger partial charge in [-0.25, -0.2) is 9.78 Å². The van der Waals surface area contributed by atoms with E-state index in [1.807, 2.05) is 39.0 Å². The number of aliphatic hydroxyl groups is 1. The number of carboxylic acid groups (broad SMARTS) is 1. The predicted molar refractivity (Wildman–Crippen MR) is 151 cm³/mol. The molecule has 1 unspecified atom stereocenters. The standard InChI is InChI=1S/C28H35N5O7S/c1-15(2)24(23-9-16(3)32-40-23)27(36)33-13-20(34)11-21(33)26(35)30-12-19-6-5-18(25-17(4)31-14-41-25)10-22(19)39-8-7-29-28(37)38/h5-6,9-10,14-15,20-21,24,29,34H,7-8,11-13H2,1-4H3,(H,30,35)(H,37,38)/t20-,21+,24?/m1/s1. The maximum atomic E-state index is 13.6. The van der Waals surface area contributed by atoms with Gasteiger partial charge in [0, 0.05) is 31.1 Å². The number of benzene rings is 1. The van der Waals surface area contributed by atoms with Crippen molar-refractivity contribution in [2.45, 2.75) is 58.7 Å². The van der Waals surface area contributed by atoms with Gasteiger partial charge in [0.2, 0.25) is 11.8 Å². The summed E-state index contributed by atoms with van der Waals surface area (Å²) in [5, 5.41) is 28.3. The highest BCUT2D eigenvalue weighted by molar-refractivity contribution is 7.13. The highest BCUT2D eigenvalue weighted by Gasteiger charge is 2.43. The van der Waals surface area contributed by atoms with E-state index in [1.165, 1.54) is 16.2 Å². The molecule has 1 aliphatic heterocycles. The molecular weight excluding hydrogens is 550 g/mol. The number of ether oxygens (including phenoxy) is 1. The lowest BCUT2D eigenvalue weighted by atomic mass is 9.91. The summed E-state index contributed by atoms with van der Waals surface area (Å²) in [5.74, 6) is -0.536. The van der Waals surface area contributed by atoms with Gasteiger partial charge in [-0.05, 0) is 31.4 Å². The zero-order valence-electron chi connectivity index (χ0n) is 23.4. The third-order valence-corrected chi connectivity index (χ3v) is 7.89. The minimum absolute atomic E-state index is 0.0428. The fourth-order valence-corrected chi connectivity index (χ4v) is 5.73. The summed E-state index contributed by atoms with van der Waals surface area (Å²) in [6.45, 7) is 7.80. The fraction of sp³-hybridized carbons (Fsp3) is 0.464. The number of hydrogen-bond donors (Lipinski definition) is 4. The second-order valence-electron chi connectivity index (χ2n) is 10.4. The summed E-state index contributed by atoms with van der Waals surface area (Å²) in [7, 11) is 0. The largest absolute Gasteiger partial charge is 0.491 e. The molecule has 4 rings (SSSR count). The molecule has 3 aromatic rings. The molecule has 0 aliphatic carbocycles. The van der Waals surface area contributed by atoms with Crippen LogP contribution in [0.25, 0.3) is 10.4 Å². The number of carbonyl (C=O) groups excluding carboxylic acids is 2. The van der Waals surface area contributed by atoms with Crippen LogP contribution in [0.2, 0.25) is 0 Å². The number of nitrogens with one attached hydrogen (secondary N) is 2. The Morgan fingerprint density at radius 2 is 2.00 bits per heavy atom. The lowest BCUT2D eigenvalue weighted by Crippen LogP contribution is -2.48. The Morgan fingerprint density at radius 3 is 2.63 bits per heavy atom. The first-order valence-corrected chi connectivity index (χ1v) is 14.3. The number of aromatic nitrogens is 2. The zero-order valence-corrected chi connectivity index (χ0v) is 24.2. The fourth-order valence-electron chi connectivity index (χ4n) is 4.92. The summed E-state index contributed by atoms with van der Waals surface area (Å²) in [4.78, 5) is 44.5. The van der Waals surface area contributed by atoms with E-state index >= 15 is 0 Å². The minimum Gasteiger partial charge on any atom is -0.491 e. The third-order valence-electron chi connectivity index (χ3n) is 6.91. The highest BCUT2D eigenvalue weighted by Crippen LogP contribution is 2.33. The second kappa shape index (κ2) is 13.1. The summed E-state index contributed by atoms with van der Waals surface area (Å²) < 4.78 is 11.3. The van der Waals surface area contributed by atoms with Gasteiger partial charge >= 0.3 is 6.09 Å². The second-order valence-corrected chi connectivity index (χ2v) is 11.2. The third kappa shape index (κ3) is 7.22. The van der Waals surface area contributed by atoms with E-state index in [0.717, 1.165) is 16.1 Å². The number of carbonyl (C=O) groups is 3. The van der Waals surface area contributed by atoms with Crippen molar-refractivity contribution in [1.82, 2.24) is 25.7 Å². The molecule has 3 atom stereocenters. The number of aliphatic hydroxyl groups excluding tert-OH is 1. The Hall–Kier alpha value is -3.97. The molecule has 0 radical (unpaired) electrons. The first-order chi connectivity index (χ1) is 19.5. The van der Waals surface area contributed by atoms with Gasteiger partial charge in [-0.3, -0.25) is 9.59 Å². The van der Waals surface area contributed by atoms with E-state index in [1.54, 1.807) is 18.5 Å². The number of aryl methyl sites for hydroxylation is 2. The van der Waals surface area contributed by atoms with E-state index in [0.29, 0.717) is 22.8 Å². The van der Waals surface area contributed by atoms with Crippen molar-refractivity contribution >= 4 is 29.2 Å². The smallest absolute Gasteiger partial charge is 0.404 e. The quantitative estimate of drug-likeness (QED) is 0.247. The molecule has 1 aromatic carbocycles. The SMILES string of the molecule is Cc1cc(C(C(=O)N2C[C@H](O)C[C@H]2C(=O)NCc2ccc(-c3scnc3C)cc2OCCNC(=O)O)C(C)C)on1. The number of amides is 3. The van der Waals surface area contributed by atoms with Crippen LogP contribution in [-0.4, -0.2) is 75.0 Å². The molecule has 41 heavy (non-hydrogen) atoms. The molecule has 12 nitrogen and oxygen atoms in total. The van der Waals surface area contributed by atoms with Crippen LogP contribution in [0.1, 0.15) is 48.9 Å². The average molecular weight is 586 g/mol. The van der Waals surface area contributed by atoms with Crippen LogP contribution >= 0.6 is 11.3 Å². The topological polar surface area (TPSA) is 167 Å². The Balaban J connectivity index is 1.50. The first-order valence-electron chi connectivity index (χ1n) is 13.4. The van der Waals surface area contributed by atoms with E-state index in [2.05, 4.69) is 20.8 Å². The van der Waals surface area contributed by atoms with Crippen molar-refractivity contribution in [3.05, 3.63) is 52.5 Å². The summed E-state index contributed by atoms with van der Waals surface area (Å²) in [6.07, 6.45) is -1.86. The molecule has 2 aromatic heterocycles. The number of hydrogen-bond acceptors (Lipinski definition) is 9. The van der Waals surface area contributed by atoms with Gasteiger partial charge in [-0.15, -0.1) is 11.3 Å². The van der Waals surface area contributed by atoms with Crippen LogP contribution in [0.4, 0.5) is 4.79 Å². The van der Waals surface area contributed by atoms with Gasteiger partial charge in [0.1, 0.15) is 30.1 Å². The average Bonchev–Trinajstić information content (AvgIpc) is 3.65. The maximum Gasteiger partial charge on any atom is 0.404 e. The van der Waals surface area contributed by atoms with E-state index < -0.39 is 30.1 Å². The van der Waals surface area contributed by atoms with E-state index in [4.69, 9.17) is 14.4 Å². The van der Waals surface area contributed by atoms with Gasteiger partial charge in [0.15, 0.2) is 0 Å². The zero-order chi connectivity index (χ0) is 29.7. The van der Waals surface area contributed by atoms with Crippen molar-refractivity contribution in [1.29, 1.82) is 0 Å². The molecule has 3 heterocycles. The molecule has 1 fully saturated rings. The molecule has 13 heteroatoms. The summed E-state index contributed by atoms with van der Waals surface area (Å²) in [5.41, 5.74) is 4.85. The normalized spacial score (nSPS) is 17.5. The Morgan fingerprint density at radius 1 is 1.22 bits per heavy atom. The highest BCUT2D eigenvalue weighted by atomic mass is 32.1. The number of likely N-dealkylation sites (tertiary alicyclic amines) is 1. The van der Waals surface area contributed by atoms with Gasteiger partial charge in [0.05, 0.1) is 34.4 Å². The molecule has 1 saturated heterocycles. The van der Waals surface area contributed by atoms with Gasteiger partial charge < -0.3 is 35.0 Å². The van der Waals surface area contributed by atoms with Gasteiger partial charge in [-0.2, -0.15) is 0 Å². The van der Waals surface area contributed by atoms with E-state index in [9.17, 15) is 19.5 Å². The van der Waals surface area contributed by atoms with Crippen LogP contribution in [0.5, 0.6) is 5.75 Å². The first kappa shape index (κ1) is 30.0. The summed E-state index contributed by atoms with van der Waals surface area (Å²) in [6, 6.07) is 6.44. The molecular formula is C28H35N5O7S. The van der Waals surface area contributed by atoms with Gasteiger partial charge in [0.25, 0.3) is 0 Å². The molecule has 1 aliphatic rings. The Labute approximate surface area is 241 Å². The van der Waals surface area contributed by atoms with Crippen LogP contribution < -0.4 is 15.4 Å². The van der Waals surface area contributed by atoms with Crippen molar-refractivity contribution in [2.75, 3.05) is 19.7 Å². The monoisotopic (exact) mass is 585 g/mol. The Kier molecular flexibility index (Phi) is 9.61. The van der Waals surface area contributed by atoms with Crippen molar-refractivity contribution in [3.63, 3.8) is 0 Å². The summed E-state index contributed by atoms with van der Waals surface area (Å²) >= 11 is 1.49. The van der Waals surface area contributed by atoms with Crippen LogP contribution in [0.15, 0.2) is 34.3 Å². The number of rotatable bonds is 11. The molecule has 0 bridgehead atoms. The van der Waals surface area contributed by atoms with Crippen LogP contribution in [0, 0.1) is 19.8 Å². The van der Waals surface area contributed by atoms with Gasteiger partial charge in [-0.1, -0.05) is 31.1 Å². The molecule has 0 saturated carbocycles. The Bertz CT molecular complexity index is 1390. The predicted octanol–water partition coefficient (Wildman–Crippen LogP) is 3.08. The van der Waals surface area contributed by atoms with Crippen molar-refractivity contribution in [2.24, 2.45) is 5.92 Å². The number of thiazole rings is 1. The van der Waals surface area contributed by atoms with E-state index in [-0.39, 0.29) is 44.5 Å². The lowest BCUT2D eigenvalue weighted by Gasteiger charge is -2.28. The van der Waals surface area contributed by atoms with Crippen LogP contribution in [0.3, 0.4) is 0 Å².